The molecule has 0 atom stereocenters. The van der Waals surface area contributed by atoms with Crippen molar-refractivity contribution in [3.63, 3.8) is 0 Å². The van der Waals surface area contributed by atoms with Crippen LogP contribution < -0.4 is 4.90 Å². The molecule has 1 aliphatic heterocycles. The number of nitrogens with one attached hydrogen (secondary N) is 1. The maximum atomic E-state index is 4.25. The van der Waals surface area contributed by atoms with Crippen LogP contribution in [0.2, 0.25) is 0 Å². The summed E-state index contributed by atoms with van der Waals surface area (Å²) in [6.45, 7) is 4.40. The van der Waals surface area contributed by atoms with Crippen molar-refractivity contribution in [3.05, 3.63) is 25.3 Å². The molecule has 0 radical (unpaired) electrons. The van der Waals surface area contributed by atoms with Crippen LogP contribution in [0.3, 0.4) is 0 Å². The lowest BCUT2D eigenvalue weighted by atomic mass is 10.1. The Bertz CT molecular complexity index is 271. The Hall–Kier alpha value is -0.830. The van der Waals surface area contributed by atoms with Gasteiger partial charge in [0.05, 0.1) is 25.1 Å². The molecule has 1 saturated heterocycles. The third-order valence-electron chi connectivity index (χ3n) is 2.81. The number of likely N-dealkylation sites (tertiary alicyclic amines) is 1. The van der Waals surface area contributed by atoms with E-state index < -0.39 is 0 Å². The summed E-state index contributed by atoms with van der Waals surface area (Å²) in [6, 6.07) is 0.659. The number of hydrogen-bond donors (Lipinski definition) is 1. The second-order valence-corrected chi connectivity index (χ2v) is 3.94. The minimum atomic E-state index is 0.659. The molecule has 0 amide bonds. The van der Waals surface area contributed by atoms with E-state index in [-0.39, 0.29) is 0 Å². The summed E-state index contributed by atoms with van der Waals surface area (Å²) in [5, 5.41) is 0. The second-order valence-electron chi connectivity index (χ2n) is 3.94. The van der Waals surface area contributed by atoms with Crippen LogP contribution in [-0.2, 0) is 0 Å². The Morgan fingerprint density at radius 1 is 1.54 bits per heavy atom. The van der Waals surface area contributed by atoms with Crippen LogP contribution in [0.25, 0.3) is 0 Å². The van der Waals surface area contributed by atoms with E-state index in [2.05, 4.69) is 22.8 Å². The highest BCUT2D eigenvalue weighted by Gasteiger charge is 2.18. The molecule has 2 rings (SSSR count). The normalized spacial score (nSPS) is 29.1. The van der Waals surface area contributed by atoms with Gasteiger partial charge < -0.3 is 9.47 Å². The summed E-state index contributed by atoms with van der Waals surface area (Å²) in [5.41, 5.74) is 1.12. The summed E-state index contributed by atoms with van der Waals surface area (Å²) < 4.78 is 2.25. The molecule has 1 fully saturated rings. The third kappa shape index (κ3) is 1.91. The highest BCUT2D eigenvalue weighted by atomic mass is 15.1. The van der Waals surface area contributed by atoms with Crippen molar-refractivity contribution >= 4 is 0 Å². The van der Waals surface area contributed by atoms with Gasteiger partial charge in [0.1, 0.15) is 0 Å². The standard InChI is InChI=1S/C10H17N3/c1-9-7-13(8-11-9)10-3-5-12(2)6-4-10/h7-8,10,12H,2-6H2,1H3. The molecule has 1 aromatic heterocycles. The highest BCUT2D eigenvalue weighted by molar-refractivity contribution is 4.94. The average Bonchev–Trinajstić information content (AvgIpc) is 2.53. The molecule has 13 heavy (non-hydrogen) atoms. The highest BCUT2D eigenvalue weighted by Crippen LogP contribution is 2.16. The van der Waals surface area contributed by atoms with Gasteiger partial charge in [0.15, 0.2) is 0 Å². The van der Waals surface area contributed by atoms with Gasteiger partial charge in [-0.1, -0.05) is 0 Å². The molecule has 3 heteroatoms. The third-order valence-corrected chi connectivity index (χ3v) is 2.81. The number of piperidine rings is 1. The SMILES string of the molecule is [CH2-][NH+]1CCC(n2cnc(C)c2)CC1. The number of quaternary nitrogens is 1. The van der Waals surface area contributed by atoms with Gasteiger partial charge in [-0.25, -0.2) is 4.98 Å². The Labute approximate surface area is 79.4 Å². The zero-order valence-electron chi connectivity index (χ0n) is 8.16. The molecule has 3 nitrogen and oxygen atoms in total. The second kappa shape index (κ2) is 3.50. The Kier molecular flexibility index (Phi) is 2.36. The summed E-state index contributed by atoms with van der Waals surface area (Å²) in [4.78, 5) is 5.66. The molecule has 1 aromatic rings. The van der Waals surface area contributed by atoms with Crippen LogP contribution in [0.5, 0.6) is 0 Å². The van der Waals surface area contributed by atoms with E-state index in [1.165, 1.54) is 30.8 Å². The van der Waals surface area contributed by atoms with Gasteiger partial charge in [-0.3, -0.25) is 0 Å². The lowest BCUT2D eigenvalue weighted by molar-refractivity contribution is -0.860. The van der Waals surface area contributed by atoms with Gasteiger partial charge in [0.2, 0.25) is 0 Å². The van der Waals surface area contributed by atoms with Crippen molar-refractivity contribution in [2.75, 3.05) is 13.1 Å². The number of aromatic nitrogens is 2. The fourth-order valence-electron chi connectivity index (χ4n) is 1.95. The lowest BCUT2D eigenvalue weighted by Gasteiger charge is -2.31. The Morgan fingerprint density at radius 2 is 2.23 bits per heavy atom. The van der Waals surface area contributed by atoms with Gasteiger partial charge in [-0.2, -0.15) is 7.05 Å². The van der Waals surface area contributed by atoms with Crippen molar-refractivity contribution in [2.24, 2.45) is 0 Å². The van der Waals surface area contributed by atoms with Crippen LogP contribution in [-0.4, -0.2) is 22.6 Å². The van der Waals surface area contributed by atoms with Crippen LogP contribution >= 0.6 is 0 Å². The molecule has 0 bridgehead atoms. The molecular weight excluding hydrogens is 162 g/mol. The van der Waals surface area contributed by atoms with Gasteiger partial charge in [0.25, 0.3) is 0 Å². The molecule has 1 aliphatic rings. The lowest BCUT2D eigenvalue weighted by Crippen LogP contribution is -3.08. The van der Waals surface area contributed by atoms with Crippen LogP contribution in [0, 0.1) is 14.0 Å². The predicted octanol–water partition coefficient (Wildman–Crippen LogP) is 0.203. The molecule has 0 saturated carbocycles. The van der Waals surface area contributed by atoms with Gasteiger partial charge in [0, 0.05) is 25.1 Å². The van der Waals surface area contributed by atoms with E-state index in [4.69, 9.17) is 0 Å². The van der Waals surface area contributed by atoms with E-state index >= 15 is 0 Å². The molecule has 1 N–H and O–H groups in total. The minimum Gasteiger partial charge on any atom is -0.468 e. The predicted molar refractivity (Wildman–Crippen MR) is 51.3 cm³/mol. The zero-order valence-corrected chi connectivity index (χ0v) is 8.16. The molecule has 72 valence electrons. The van der Waals surface area contributed by atoms with Crippen LogP contribution in [0.4, 0.5) is 0 Å². The summed E-state index contributed by atoms with van der Waals surface area (Å²) in [6.07, 6.45) is 6.55. The van der Waals surface area contributed by atoms with Crippen molar-refractivity contribution in [3.8, 4) is 0 Å². The monoisotopic (exact) mass is 179 g/mol. The summed E-state index contributed by atoms with van der Waals surface area (Å²) in [5.74, 6) is 0. The number of hydrogen-bond acceptors (Lipinski definition) is 1. The van der Waals surface area contributed by atoms with E-state index in [0.717, 1.165) is 5.69 Å². The van der Waals surface area contributed by atoms with E-state index in [9.17, 15) is 0 Å². The van der Waals surface area contributed by atoms with Gasteiger partial charge in [-0.15, -0.1) is 0 Å². The first-order valence-corrected chi connectivity index (χ1v) is 4.92. The van der Waals surface area contributed by atoms with Gasteiger partial charge >= 0.3 is 0 Å². The first kappa shape index (κ1) is 8.75. The Morgan fingerprint density at radius 3 is 2.77 bits per heavy atom. The average molecular weight is 179 g/mol. The van der Waals surface area contributed by atoms with E-state index in [0.29, 0.717) is 6.04 Å². The van der Waals surface area contributed by atoms with Crippen molar-refractivity contribution in [1.82, 2.24) is 9.55 Å². The van der Waals surface area contributed by atoms with Crippen molar-refractivity contribution in [2.45, 2.75) is 25.8 Å². The fourth-order valence-corrected chi connectivity index (χ4v) is 1.95. The molecule has 0 spiro atoms. The summed E-state index contributed by atoms with van der Waals surface area (Å²) >= 11 is 0. The number of nitrogens with zero attached hydrogens (tertiary/aromatic N) is 2. The molecule has 0 aromatic carbocycles. The van der Waals surface area contributed by atoms with Crippen LogP contribution in [0.1, 0.15) is 24.6 Å². The van der Waals surface area contributed by atoms with Gasteiger partial charge in [-0.05, 0) is 6.92 Å². The topological polar surface area (TPSA) is 22.3 Å². The van der Waals surface area contributed by atoms with E-state index in [1.807, 2.05) is 13.3 Å². The first-order chi connectivity index (χ1) is 6.25. The maximum absolute atomic E-state index is 4.25. The minimum absolute atomic E-state index is 0.659. The van der Waals surface area contributed by atoms with Crippen LogP contribution in [0.15, 0.2) is 12.5 Å². The largest absolute Gasteiger partial charge is 0.468 e. The zero-order chi connectivity index (χ0) is 9.26. The fraction of sp³-hybridized carbons (Fsp3) is 0.600. The first-order valence-electron chi connectivity index (χ1n) is 4.92. The molecular formula is C10H17N3. The van der Waals surface area contributed by atoms with Crippen molar-refractivity contribution in [1.29, 1.82) is 0 Å². The molecule has 2 heterocycles. The van der Waals surface area contributed by atoms with E-state index in [1.54, 1.807) is 0 Å². The van der Waals surface area contributed by atoms with Crippen molar-refractivity contribution < 1.29 is 4.90 Å². The molecule has 0 unspecified atom stereocenters. The number of aryl methyl sites for hydroxylation is 1. The smallest absolute Gasteiger partial charge is 0.0951 e. The number of imidazole rings is 1. The summed E-state index contributed by atoms with van der Waals surface area (Å²) in [7, 11) is 4.02. The number of rotatable bonds is 1. The Balaban J connectivity index is 2.02. The quantitative estimate of drug-likeness (QED) is 0.611. The maximum Gasteiger partial charge on any atom is 0.0951 e. The molecule has 0 aliphatic carbocycles.